The summed E-state index contributed by atoms with van der Waals surface area (Å²) in [4.78, 5) is 18.0. The first-order valence-electron chi connectivity index (χ1n) is 6.33. The first kappa shape index (κ1) is 11.7. The highest BCUT2D eigenvalue weighted by Gasteiger charge is 2.20. The third kappa shape index (κ3) is 2.17. The van der Waals surface area contributed by atoms with E-state index in [1.165, 1.54) is 5.56 Å². The van der Waals surface area contributed by atoms with Gasteiger partial charge in [0.15, 0.2) is 0 Å². The number of hydrogen-bond donors (Lipinski definition) is 1. The summed E-state index contributed by atoms with van der Waals surface area (Å²) in [5, 5.41) is 2.90. The number of nitrogens with zero attached hydrogens (tertiary/aromatic N) is 2. The van der Waals surface area contributed by atoms with Gasteiger partial charge in [-0.25, -0.2) is 0 Å². The molecule has 1 aliphatic rings. The molecule has 3 rings (SSSR count). The summed E-state index contributed by atoms with van der Waals surface area (Å²) < 4.78 is 0. The third-order valence-electron chi connectivity index (χ3n) is 3.33. The Kier molecular flexibility index (Phi) is 2.91. The normalized spacial score (nSPS) is 14.6. The number of carbonyl (C=O) groups excluding carboxylic acids is 1. The van der Waals surface area contributed by atoms with E-state index in [0.29, 0.717) is 13.0 Å². The number of benzene rings is 1. The Morgan fingerprint density at radius 2 is 2.05 bits per heavy atom. The zero-order valence-electron chi connectivity index (χ0n) is 10.8. The van der Waals surface area contributed by atoms with E-state index in [-0.39, 0.29) is 5.91 Å². The smallest absolute Gasteiger partial charge is 0.226 e. The molecular weight excluding hydrogens is 238 g/mol. The zero-order chi connectivity index (χ0) is 13.2. The maximum Gasteiger partial charge on any atom is 0.226 e. The molecule has 0 atom stereocenters. The van der Waals surface area contributed by atoms with Gasteiger partial charge in [-0.05, 0) is 24.6 Å². The summed E-state index contributed by atoms with van der Waals surface area (Å²) in [7, 11) is 0. The maximum absolute atomic E-state index is 11.7. The monoisotopic (exact) mass is 253 g/mol. The molecule has 1 aromatic carbocycles. The van der Waals surface area contributed by atoms with Crippen molar-refractivity contribution in [2.75, 3.05) is 16.8 Å². The van der Waals surface area contributed by atoms with E-state index in [2.05, 4.69) is 34.3 Å². The van der Waals surface area contributed by atoms with Crippen molar-refractivity contribution in [2.24, 2.45) is 0 Å². The number of rotatable bonds is 1. The van der Waals surface area contributed by atoms with Gasteiger partial charge in [0.25, 0.3) is 0 Å². The molecule has 0 unspecified atom stereocenters. The molecular formula is C15H15N3O. The molecule has 96 valence electrons. The highest BCUT2D eigenvalue weighted by Crippen LogP contribution is 2.34. The maximum atomic E-state index is 11.7. The Bertz CT molecular complexity index is 624. The molecule has 1 amide bonds. The van der Waals surface area contributed by atoms with Crippen LogP contribution in [0, 0.1) is 6.92 Å². The van der Waals surface area contributed by atoms with Crippen molar-refractivity contribution in [2.45, 2.75) is 13.3 Å². The number of fused-ring (bicyclic) bond motifs is 1. The van der Waals surface area contributed by atoms with Crippen molar-refractivity contribution in [3.05, 3.63) is 48.3 Å². The molecule has 0 aliphatic carbocycles. The largest absolute Gasteiger partial charge is 0.339 e. The molecule has 19 heavy (non-hydrogen) atoms. The fraction of sp³-hybridized carbons (Fsp3) is 0.200. The number of aromatic nitrogens is 1. The van der Waals surface area contributed by atoms with E-state index in [4.69, 9.17) is 0 Å². The van der Waals surface area contributed by atoms with Crippen LogP contribution < -0.4 is 10.2 Å². The second kappa shape index (κ2) is 4.72. The first-order valence-corrected chi connectivity index (χ1v) is 6.33. The predicted molar refractivity (Wildman–Crippen MR) is 75.7 cm³/mol. The van der Waals surface area contributed by atoms with Gasteiger partial charge in [-0.15, -0.1) is 0 Å². The Morgan fingerprint density at radius 3 is 2.89 bits per heavy atom. The summed E-state index contributed by atoms with van der Waals surface area (Å²) in [6.45, 7) is 2.75. The van der Waals surface area contributed by atoms with Crippen molar-refractivity contribution in [3.8, 4) is 0 Å². The highest BCUT2D eigenvalue weighted by atomic mass is 16.1. The topological polar surface area (TPSA) is 45.2 Å². The predicted octanol–water partition coefficient (Wildman–Crippen LogP) is 2.87. The number of amides is 1. The number of nitrogens with one attached hydrogen (secondary N) is 1. The molecule has 0 spiro atoms. The van der Waals surface area contributed by atoms with Crippen LogP contribution in [0.2, 0.25) is 0 Å². The number of anilines is 3. The van der Waals surface area contributed by atoms with Gasteiger partial charge in [0, 0.05) is 24.8 Å². The van der Waals surface area contributed by atoms with Crippen LogP contribution in [-0.2, 0) is 4.79 Å². The van der Waals surface area contributed by atoms with E-state index in [9.17, 15) is 4.79 Å². The number of aryl methyl sites for hydroxylation is 1. The van der Waals surface area contributed by atoms with Crippen LogP contribution in [-0.4, -0.2) is 17.4 Å². The second-order valence-electron chi connectivity index (χ2n) is 4.63. The molecule has 1 aromatic heterocycles. The lowest BCUT2D eigenvalue weighted by Gasteiger charge is -2.25. The highest BCUT2D eigenvalue weighted by molar-refractivity contribution is 5.97. The van der Waals surface area contributed by atoms with Gasteiger partial charge >= 0.3 is 0 Å². The number of hydrogen-bond acceptors (Lipinski definition) is 3. The summed E-state index contributed by atoms with van der Waals surface area (Å²) in [5.41, 5.74) is 4.09. The lowest BCUT2D eigenvalue weighted by molar-refractivity contribution is -0.115. The summed E-state index contributed by atoms with van der Waals surface area (Å²) in [5.74, 6) is 0.0327. The Hall–Kier alpha value is -2.36. The van der Waals surface area contributed by atoms with Gasteiger partial charge in [-0.3, -0.25) is 9.78 Å². The van der Waals surface area contributed by atoms with Gasteiger partial charge in [-0.2, -0.15) is 0 Å². The minimum atomic E-state index is 0.0327. The molecule has 1 aliphatic heterocycles. The average Bonchev–Trinajstić information content (AvgIpc) is 2.58. The van der Waals surface area contributed by atoms with Crippen LogP contribution in [0.1, 0.15) is 12.0 Å². The van der Waals surface area contributed by atoms with Crippen molar-refractivity contribution < 1.29 is 4.79 Å². The Morgan fingerprint density at radius 1 is 1.21 bits per heavy atom. The zero-order valence-corrected chi connectivity index (χ0v) is 10.8. The number of pyridine rings is 1. The molecule has 0 radical (unpaired) electrons. The third-order valence-corrected chi connectivity index (χ3v) is 3.33. The standard InChI is InChI=1S/C15H15N3O/c1-11-4-2-3-5-13(11)18-9-7-15(19)17-12-10-16-8-6-14(12)18/h2-6,8,10H,7,9H2,1H3,(H,17,19). The molecule has 0 saturated heterocycles. The van der Waals surface area contributed by atoms with Crippen LogP contribution >= 0.6 is 0 Å². The van der Waals surface area contributed by atoms with E-state index >= 15 is 0 Å². The quantitative estimate of drug-likeness (QED) is 0.850. The van der Waals surface area contributed by atoms with Crippen molar-refractivity contribution in [3.63, 3.8) is 0 Å². The Balaban J connectivity index is 2.12. The van der Waals surface area contributed by atoms with Gasteiger partial charge in [0.05, 0.1) is 17.6 Å². The molecule has 0 bridgehead atoms. The van der Waals surface area contributed by atoms with Gasteiger partial charge < -0.3 is 10.2 Å². The minimum absolute atomic E-state index is 0.0327. The summed E-state index contributed by atoms with van der Waals surface area (Å²) >= 11 is 0. The van der Waals surface area contributed by atoms with Crippen molar-refractivity contribution in [1.29, 1.82) is 0 Å². The van der Waals surface area contributed by atoms with Crippen LogP contribution in [0.3, 0.4) is 0 Å². The minimum Gasteiger partial charge on any atom is -0.339 e. The van der Waals surface area contributed by atoms with Crippen molar-refractivity contribution in [1.82, 2.24) is 4.98 Å². The summed E-state index contributed by atoms with van der Waals surface area (Å²) in [6.07, 6.45) is 3.93. The van der Waals surface area contributed by atoms with Gasteiger partial charge in [0.2, 0.25) is 5.91 Å². The SMILES string of the molecule is Cc1ccccc1N1CCC(=O)Nc2cnccc21. The van der Waals surface area contributed by atoms with Crippen LogP contribution in [0.15, 0.2) is 42.7 Å². The molecule has 2 aromatic rings. The average molecular weight is 253 g/mol. The second-order valence-corrected chi connectivity index (χ2v) is 4.63. The van der Waals surface area contributed by atoms with Crippen LogP contribution in [0.4, 0.5) is 17.1 Å². The molecule has 0 saturated carbocycles. The molecule has 1 N–H and O–H groups in total. The van der Waals surface area contributed by atoms with E-state index < -0.39 is 0 Å². The van der Waals surface area contributed by atoms with Crippen LogP contribution in [0.25, 0.3) is 0 Å². The van der Waals surface area contributed by atoms with Gasteiger partial charge in [-0.1, -0.05) is 18.2 Å². The van der Waals surface area contributed by atoms with Gasteiger partial charge in [0.1, 0.15) is 0 Å². The number of para-hydroxylation sites is 1. The fourth-order valence-corrected chi connectivity index (χ4v) is 2.38. The van der Waals surface area contributed by atoms with E-state index in [0.717, 1.165) is 17.1 Å². The van der Waals surface area contributed by atoms with Crippen LogP contribution in [0.5, 0.6) is 0 Å². The molecule has 4 heteroatoms. The lowest BCUT2D eigenvalue weighted by atomic mass is 10.1. The van der Waals surface area contributed by atoms with E-state index in [1.54, 1.807) is 12.4 Å². The molecule has 4 nitrogen and oxygen atoms in total. The fourth-order valence-electron chi connectivity index (χ4n) is 2.38. The first-order chi connectivity index (χ1) is 9.25. The van der Waals surface area contributed by atoms with Crippen molar-refractivity contribution >= 4 is 23.0 Å². The number of carbonyl (C=O) groups is 1. The lowest BCUT2D eigenvalue weighted by Crippen LogP contribution is -2.19. The molecule has 0 fully saturated rings. The van der Waals surface area contributed by atoms with E-state index in [1.807, 2.05) is 18.2 Å². The summed E-state index contributed by atoms with van der Waals surface area (Å²) in [6, 6.07) is 10.1. The molecule has 2 heterocycles. The Labute approximate surface area is 112 Å².